The molecule has 1 aliphatic heterocycles. The maximum Gasteiger partial charge on any atom is 0.221 e. The van der Waals surface area contributed by atoms with Crippen LogP contribution in [-0.4, -0.2) is 35.0 Å². The van der Waals surface area contributed by atoms with Gasteiger partial charge in [-0.1, -0.05) is 29.8 Å². The quantitative estimate of drug-likeness (QED) is 0.626. The highest BCUT2D eigenvalue weighted by atomic mass is 35.5. The van der Waals surface area contributed by atoms with Crippen LogP contribution in [0.5, 0.6) is 5.75 Å². The molecule has 8 heteroatoms. The minimum Gasteiger partial charge on any atom is -0.497 e. The minimum absolute atomic E-state index is 0.305. The number of halogens is 2. The van der Waals surface area contributed by atoms with Crippen molar-refractivity contribution in [2.24, 2.45) is 7.05 Å². The molecule has 156 valence electrons. The smallest absolute Gasteiger partial charge is 0.221 e. The lowest BCUT2D eigenvalue weighted by Gasteiger charge is -2.28. The van der Waals surface area contributed by atoms with Gasteiger partial charge in [0.1, 0.15) is 11.6 Å². The van der Waals surface area contributed by atoms with Crippen LogP contribution in [0.1, 0.15) is 17.8 Å². The van der Waals surface area contributed by atoms with Crippen molar-refractivity contribution in [3.8, 4) is 5.75 Å². The van der Waals surface area contributed by atoms with Crippen molar-refractivity contribution >= 4 is 28.8 Å². The summed E-state index contributed by atoms with van der Waals surface area (Å²) in [7, 11) is 3.52. The molecule has 0 unspecified atom stereocenters. The third-order valence-electron chi connectivity index (χ3n) is 5.12. The monoisotopic (exact) mass is 427 g/mol. The average Bonchev–Trinajstić information content (AvgIpc) is 3.13. The fourth-order valence-corrected chi connectivity index (χ4v) is 3.59. The molecule has 4 rings (SSSR count). The van der Waals surface area contributed by atoms with Crippen LogP contribution in [0.15, 0.2) is 48.5 Å². The first-order chi connectivity index (χ1) is 14.5. The molecule has 30 heavy (non-hydrogen) atoms. The zero-order valence-corrected chi connectivity index (χ0v) is 17.7. The van der Waals surface area contributed by atoms with E-state index in [1.807, 2.05) is 36.2 Å². The first-order valence-corrected chi connectivity index (χ1v) is 10.1. The van der Waals surface area contributed by atoms with Crippen LogP contribution in [0.4, 0.5) is 16.0 Å². The Morgan fingerprint density at radius 2 is 2.00 bits per heavy atom. The van der Waals surface area contributed by atoms with Crippen molar-refractivity contribution in [2.75, 3.05) is 30.4 Å². The molecule has 0 fully saturated rings. The predicted octanol–water partition coefficient (Wildman–Crippen LogP) is 4.52. The van der Waals surface area contributed by atoms with E-state index in [1.54, 1.807) is 23.9 Å². The summed E-state index contributed by atoms with van der Waals surface area (Å²) in [5.41, 5.74) is 2.75. The molecular formula is C22H23ClFN5O. The summed E-state index contributed by atoms with van der Waals surface area (Å²) in [4.78, 5) is 6.63. The lowest BCUT2D eigenvalue weighted by atomic mass is 10.1. The molecule has 0 bridgehead atoms. The fraction of sp³-hybridized carbons (Fsp3) is 0.273. The van der Waals surface area contributed by atoms with Crippen LogP contribution in [0, 0.1) is 5.82 Å². The molecule has 0 saturated carbocycles. The predicted molar refractivity (Wildman–Crippen MR) is 118 cm³/mol. The van der Waals surface area contributed by atoms with Gasteiger partial charge in [-0.3, -0.25) is 0 Å². The topological polar surface area (TPSA) is 55.2 Å². The average molecular weight is 428 g/mol. The zero-order valence-electron chi connectivity index (χ0n) is 16.9. The molecule has 1 aromatic heterocycles. The molecule has 0 spiro atoms. The zero-order chi connectivity index (χ0) is 21.1. The van der Waals surface area contributed by atoms with Gasteiger partial charge in [0.2, 0.25) is 5.95 Å². The van der Waals surface area contributed by atoms with Gasteiger partial charge >= 0.3 is 0 Å². The second-order valence-electron chi connectivity index (χ2n) is 7.11. The van der Waals surface area contributed by atoms with Gasteiger partial charge in [0.15, 0.2) is 5.82 Å². The Morgan fingerprint density at radius 1 is 1.20 bits per heavy atom. The molecule has 1 aliphatic rings. The van der Waals surface area contributed by atoms with E-state index in [1.165, 1.54) is 6.07 Å². The summed E-state index contributed by atoms with van der Waals surface area (Å²) < 4.78 is 21.1. The molecule has 6 nitrogen and oxygen atoms in total. The third-order valence-corrected chi connectivity index (χ3v) is 5.35. The third kappa shape index (κ3) is 4.41. The van der Waals surface area contributed by atoms with Crippen molar-refractivity contribution < 1.29 is 9.13 Å². The van der Waals surface area contributed by atoms with Crippen molar-refractivity contribution in [2.45, 2.75) is 13.0 Å². The highest BCUT2D eigenvalue weighted by molar-refractivity contribution is 6.30. The van der Waals surface area contributed by atoms with E-state index >= 15 is 0 Å². The highest BCUT2D eigenvalue weighted by Gasteiger charge is 2.19. The Hall–Kier alpha value is -3.06. The molecular weight excluding hydrogens is 405 g/mol. The number of hydrogen-bond donors (Lipinski definition) is 1. The standard InChI is InChI=1S/C22H23ClFN5O/c1-28-22(25-14-15-3-6-18(30-2)7-4-15)26-21(27-28)16-9-11-29(12-10-16)20-8-5-17(23)13-19(20)24/h3-9,13H,10-12,14H2,1-2H3,(H,25,26,27). The molecule has 0 aliphatic carbocycles. The van der Waals surface area contributed by atoms with Crippen LogP contribution in [-0.2, 0) is 13.6 Å². The van der Waals surface area contributed by atoms with Gasteiger partial charge in [0.25, 0.3) is 0 Å². The molecule has 0 amide bonds. The Kier molecular flexibility index (Phi) is 5.90. The molecule has 0 atom stereocenters. The molecule has 0 radical (unpaired) electrons. The Bertz CT molecular complexity index is 1060. The number of aromatic nitrogens is 3. The molecule has 0 saturated heterocycles. The Morgan fingerprint density at radius 3 is 2.67 bits per heavy atom. The van der Waals surface area contributed by atoms with Gasteiger partial charge in [-0.15, -0.1) is 5.10 Å². The number of aryl methyl sites for hydroxylation is 1. The van der Waals surface area contributed by atoms with Gasteiger partial charge in [0.05, 0.1) is 12.8 Å². The van der Waals surface area contributed by atoms with E-state index in [2.05, 4.69) is 21.5 Å². The van der Waals surface area contributed by atoms with E-state index in [9.17, 15) is 4.39 Å². The van der Waals surface area contributed by atoms with E-state index < -0.39 is 0 Å². The van der Waals surface area contributed by atoms with Crippen molar-refractivity contribution in [3.63, 3.8) is 0 Å². The first-order valence-electron chi connectivity index (χ1n) is 9.71. The maximum absolute atomic E-state index is 14.2. The second-order valence-corrected chi connectivity index (χ2v) is 7.54. The Labute approximate surface area is 179 Å². The van der Waals surface area contributed by atoms with Crippen LogP contribution in [0.2, 0.25) is 5.02 Å². The number of nitrogens with one attached hydrogen (secondary N) is 1. The summed E-state index contributed by atoms with van der Waals surface area (Å²) in [6.07, 6.45) is 2.80. The van der Waals surface area contributed by atoms with Gasteiger partial charge in [-0.25, -0.2) is 9.07 Å². The largest absolute Gasteiger partial charge is 0.497 e. The SMILES string of the molecule is COc1ccc(CNc2nc(C3=CCN(c4ccc(Cl)cc4F)CC3)nn2C)cc1. The van der Waals surface area contributed by atoms with Crippen molar-refractivity contribution in [1.82, 2.24) is 14.8 Å². The number of nitrogens with zero attached hydrogens (tertiary/aromatic N) is 4. The van der Waals surface area contributed by atoms with Gasteiger partial charge in [-0.05, 0) is 47.9 Å². The number of hydrogen-bond acceptors (Lipinski definition) is 5. The number of rotatable bonds is 6. The summed E-state index contributed by atoms with van der Waals surface area (Å²) in [6, 6.07) is 12.7. The molecule has 1 N–H and O–H groups in total. The number of methoxy groups -OCH3 is 1. The van der Waals surface area contributed by atoms with Gasteiger partial charge in [0, 0.05) is 31.7 Å². The van der Waals surface area contributed by atoms with Crippen LogP contribution >= 0.6 is 11.6 Å². The highest BCUT2D eigenvalue weighted by Crippen LogP contribution is 2.28. The summed E-state index contributed by atoms with van der Waals surface area (Å²) >= 11 is 5.85. The van der Waals surface area contributed by atoms with E-state index in [4.69, 9.17) is 16.3 Å². The summed E-state index contributed by atoms with van der Waals surface area (Å²) in [5.74, 6) is 1.93. The fourth-order valence-electron chi connectivity index (χ4n) is 3.43. The van der Waals surface area contributed by atoms with Crippen molar-refractivity contribution in [1.29, 1.82) is 0 Å². The van der Waals surface area contributed by atoms with Crippen LogP contribution in [0.25, 0.3) is 5.57 Å². The minimum atomic E-state index is -0.305. The number of ether oxygens (including phenoxy) is 1. The normalized spacial score (nSPS) is 13.9. The van der Waals surface area contributed by atoms with Gasteiger partial charge in [-0.2, -0.15) is 4.98 Å². The Balaban J connectivity index is 1.42. The van der Waals surface area contributed by atoms with Crippen molar-refractivity contribution in [3.05, 3.63) is 70.8 Å². The second kappa shape index (κ2) is 8.75. The van der Waals surface area contributed by atoms with Crippen LogP contribution in [0.3, 0.4) is 0 Å². The lowest BCUT2D eigenvalue weighted by molar-refractivity contribution is 0.414. The van der Waals surface area contributed by atoms with Gasteiger partial charge < -0.3 is 15.0 Å². The lowest BCUT2D eigenvalue weighted by Crippen LogP contribution is -2.29. The van der Waals surface area contributed by atoms with E-state index in [-0.39, 0.29) is 5.82 Å². The summed E-state index contributed by atoms with van der Waals surface area (Å²) in [6.45, 7) is 1.93. The van der Waals surface area contributed by atoms with E-state index in [0.717, 1.165) is 23.3 Å². The van der Waals surface area contributed by atoms with E-state index in [0.29, 0.717) is 42.1 Å². The van der Waals surface area contributed by atoms with Crippen LogP contribution < -0.4 is 15.0 Å². The molecule has 3 aromatic rings. The molecule has 2 heterocycles. The summed E-state index contributed by atoms with van der Waals surface area (Å²) in [5, 5.41) is 8.27. The first kappa shape index (κ1) is 20.2. The number of benzene rings is 2. The number of anilines is 2. The molecule has 2 aromatic carbocycles. The maximum atomic E-state index is 14.2.